The maximum atomic E-state index is 13.8. The predicted octanol–water partition coefficient (Wildman–Crippen LogP) is 4.40. The number of nitrogens with one attached hydrogen (secondary N) is 1. The Labute approximate surface area is 207 Å². The van der Waals surface area contributed by atoms with Crippen molar-refractivity contribution in [3.8, 4) is 0 Å². The summed E-state index contributed by atoms with van der Waals surface area (Å²) in [6.07, 6.45) is 0.761. The van der Waals surface area contributed by atoms with Crippen LogP contribution in [0.25, 0.3) is 10.9 Å². The van der Waals surface area contributed by atoms with Gasteiger partial charge in [0.25, 0.3) is 0 Å². The molecule has 1 saturated heterocycles. The van der Waals surface area contributed by atoms with E-state index in [1.807, 2.05) is 64.9 Å². The Kier molecular flexibility index (Phi) is 5.29. The molecule has 1 fully saturated rings. The molecular weight excluding hydrogens is 458 g/mol. The van der Waals surface area contributed by atoms with Gasteiger partial charge in [0, 0.05) is 40.9 Å². The maximum Gasteiger partial charge on any atom is 0.241 e. The first kappa shape index (κ1) is 21.8. The van der Waals surface area contributed by atoms with Gasteiger partial charge in [-0.2, -0.15) is 0 Å². The van der Waals surface area contributed by atoms with Crippen molar-refractivity contribution in [1.29, 1.82) is 0 Å². The topological polar surface area (TPSA) is 73.5 Å². The first-order chi connectivity index (χ1) is 17.0. The van der Waals surface area contributed by atoms with Crippen molar-refractivity contribution < 1.29 is 14.4 Å². The quantitative estimate of drug-likeness (QED) is 0.428. The van der Waals surface area contributed by atoms with Crippen LogP contribution < -0.4 is 0 Å². The minimum Gasteiger partial charge on any atom is -0.357 e. The molecule has 0 radical (unpaired) electrons. The molecule has 6 rings (SSSR count). The number of H-pyrrole nitrogens is 1. The van der Waals surface area contributed by atoms with Gasteiger partial charge >= 0.3 is 0 Å². The number of para-hydroxylation sites is 1. The average Bonchev–Trinajstić information content (AvgIpc) is 3.58. The Balaban J connectivity index is 1.29. The average molecular weight is 484 g/mol. The molecule has 3 amide bonds. The van der Waals surface area contributed by atoms with Gasteiger partial charge in [0.15, 0.2) is 0 Å². The van der Waals surface area contributed by atoms with E-state index in [2.05, 4.69) is 17.1 Å². The van der Waals surface area contributed by atoms with E-state index < -0.39 is 5.41 Å². The zero-order valence-corrected chi connectivity index (χ0v) is 20.0. The molecule has 4 aromatic rings. The number of aromatic amines is 1. The SMILES string of the molecule is O=C(CC1(c2ccccc2)CC(=O)N(Cc2cccs2)C1=O)N1CCc2c([nH]c3ccccc23)C1. The van der Waals surface area contributed by atoms with Gasteiger partial charge in [-0.25, -0.2) is 0 Å². The molecule has 1 unspecified atom stereocenters. The second-order valence-corrected chi connectivity index (χ2v) is 10.4. The summed E-state index contributed by atoms with van der Waals surface area (Å²) in [5.41, 5.74) is 2.94. The third-order valence-corrected chi connectivity index (χ3v) is 8.18. The molecule has 176 valence electrons. The molecule has 0 spiro atoms. The Morgan fingerprint density at radius 2 is 1.80 bits per heavy atom. The molecule has 1 N–H and O–H groups in total. The van der Waals surface area contributed by atoms with Gasteiger partial charge in [-0.3, -0.25) is 19.3 Å². The van der Waals surface area contributed by atoms with E-state index in [0.717, 1.165) is 28.1 Å². The van der Waals surface area contributed by atoms with Crippen LogP contribution in [-0.2, 0) is 39.3 Å². The van der Waals surface area contributed by atoms with E-state index in [1.54, 1.807) is 0 Å². The number of fused-ring (bicyclic) bond motifs is 3. The summed E-state index contributed by atoms with van der Waals surface area (Å²) in [5, 5.41) is 3.14. The molecule has 0 bridgehead atoms. The molecule has 2 aromatic carbocycles. The van der Waals surface area contributed by atoms with Crippen LogP contribution in [0.5, 0.6) is 0 Å². The highest BCUT2D eigenvalue weighted by Gasteiger charge is 2.54. The lowest BCUT2D eigenvalue weighted by Crippen LogP contribution is -2.44. The largest absolute Gasteiger partial charge is 0.357 e. The van der Waals surface area contributed by atoms with Crippen LogP contribution in [0.2, 0.25) is 0 Å². The number of thiophene rings is 1. The zero-order valence-electron chi connectivity index (χ0n) is 19.2. The molecule has 6 nitrogen and oxygen atoms in total. The number of imide groups is 1. The zero-order chi connectivity index (χ0) is 24.0. The molecule has 0 saturated carbocycles. The predicted molar refractivity (Wildman–Crippen MR) is 135 cm³/mol. The van der Waals surface area contributed by atoms with Crippen molar-refractivity contribution in [1.82, 2.24) is 14.8 Å². The number of rotatable bonds is 5. The molecule has 35 heavy (non-hydrogen) atoms. The van der Waals surface area contributed by atoms with Crippen molar-refractivity contribution in [2.24, 2.45) is 0 Å². The smallest absolute Gasteiger partial charge is 0.241 e. The minimum atomic E-state index is -1.17. The second kappa shape index (κ2) is 8.50. The highest BCUT2D eigenvalue weighted by molar-refractivity contribution is 7.09. The maximum absolute atomic E-state index is 13.8. The number of hydrogen-bond acceptors (Lipinski definition) is 4. The fourth-order valence-electron chi connectivity index (χ4n) is 5.52. The van der Waals surface area contributed by atoms with Crippen molar-refractivity contribution in [2.45, 2.75) is 37.8 Å². The highest BCUT2D eigenvalue weighted by Crippen LogP contribution is 2.41. The lowest BCUT2D eigenvalue weighted by Gasteiger charge is -2.32. The number of aromatic nitrogens is 1. The van der Waals surface area contributed by atoms with Crippen molar-refractivity contribution >= 4 is 40.0 Å². The second-order valence-electron chi connectivity index (χ2n) is 9.36. The number of carbonyl (C=O) groups is 3. The van der Waals surface area contributed by atoms with Crippen molar-refractivity contribution in [2.75, 3.05) is 6.54 Å². The molecule has 2 aliphatic heterocycles. The Bertz CT molecular complexity index is 1430. The molecule has 0 aliphatic carbocycles. The normalized spacial score (nSPS) is 20.0. The van der Waals surface area contributed by atoms with Gasteiger partial charge in [-0.15, -0.1) is 11.3 Å². The molecular formula is C28H25N3O3S. The Morgan fingerprint density at radius 3 is 2.60 bits per heavy atom. The minimum absolute atomic E-state index is 0.0123. The van der Waals surface area contributed by atoms with Gasteiger partial charge in [0.2, 0.25) is 17.7 Å². The number of likely N-dealkylation sites (tertiary alicyclic amines) is 1. The number of hydrogen-bond donors (Lipinski definition) is 1. The van der Waals surface area contributed by atoms with E-state index in [1.165, 1.54) is 27.2 Å². The van der Waals surface area contributed by atoms with Gasteiger partial charge in [0.05, 0.1) is 18.5 Å². The molecule has 2 aliphatic rings. The van der Waals surface area contributed by atoms with Gasteiger partial charge in [-0.1, -0.05) is 54.6 Å². The summed E-state index contributed by atoms with van der Waals surface area (Å²) >= 11 is 1.52. The lowest BCUT2D eigenvalue weighted by molar-refractivity contribution is -0.143. The third kappa shape index (κ3) is 3.67. The number of carbonyl (C=O) groups excluding carboxylic acids is 3. The van der Waals surface area contributed by atoms with E-state index in [-0.39, 0.29) is 37.1 Å². The van der Waals surface area contributed by atoms with Crippen LogP contribution in [0.4, 0.5) is 0 Å². The molecule has 1 atom stereocenters. The van der Waals surface area contributed by atoms with Crippen LogP contribution >= 0.6 is 11.3 Å². The summed E-state index contributed by atoms with van der Waals surface area (Å²) in [4.78, 5) is 48.2. The van der Waals surface area contributed by atoms with E-state index in [9.17, 15) is 14.4 Å². The van der Waals surface area contributed by atoms with Crippen LogP contribution in [0.3, 0.4) is 0 Å². The number of amides is 3. The van der Waals surface area contributed by atoms with Gasteiger partial charge in [0.1, 0.15) is 0 Å². The first-order valence-corrected chi connectivity index (χ1v) is 12.7. The summed E-state index contributed by atoms with van der Waals surface area (Å²) < 4.78 is 0. The highest BCUT2D eigenvalue weighted by atomic mass is 32.1. The van der Waals surface area contributed by atoms with E-state index >= 15 is 0 Å². The fraction of sp³-hybridized carbons (Fsp3) is 0.250. The summed E-state index contributed by atoms with van der Waals surface area (Å²) in [6.45, 7) is 1.33. The van der Waals surface area contributed by atoms with Gasteiger partial charge < -0.3 is 9.88 Å². The van der Waals surface area contributed by atoms with Crippen molar-refractivity contribution in [3.63, 3.8) is 0 Å². The number of benzene rings is 2. The summed E-state index contributed by atoms with van der Waals surface area (Å²) in [7, 11) is 0. The summed E-state index contributed by atoms with van der Waals surface area (Å²) in [6, 6.07) is 21.3. The lowest BCUT2D eigenvalue weighted by atomic mass is 9.75. The van der Waals surface area contributed by atoms with E-state index in [4.69, 9.17) is 0 Å². The molecule has 4 heterocycles. The van der Waals surface area contributed by atoms with E-state index in [0.29, 0.717) is 13.1 Å². The van der Waals surface area contributed by atoms with Crippen molar-refractivity contribution in [3.05, 3.63) is 93.8 Å². The Morgan fingerprint density at radius 1 is 1.00 bits per heavy atom. The molecule has 7 heteroatoms. The summed E-state index contributed by atoms with van der Waals surface area (Å²) in [5.74, 6) is -0.604. The van der Waals surface area contributed by atoms with Crippen LogP contribution in [0, 0.1) is 0 Å². The monoisotopic (exact) mass is 483 g/mol. The Hall–Kier alpha value is -3.71. The van der Waals surface area contributed by atoms with Gasteiger partial charge in [-0.05, 0) is 35.1 Å². The standard InChI is InChI=1S/C28H25N3O3S/c32-25(30-13-12-22-21-10-4-5-11-23(21)29-24(22)18-30)15-28(19-7-2-1-3-8-19)16-26(33)31(27(28)34)17-20-9-6-14-35-20/h1-11,14,29H,12-13,15-18H2. The first-order valence-electron chi connectivity index (χ1n) is 11.8. The number of nitrogens with zero attached hydrogens (tertiary/aromatic N) is 2. The van der Waals surface area contributed by atoms with Crippen LogP contribution in [0.15, 0.2) is 72.1 Å². The fourth-order valence-corrected chi connectivity index (χ4v) is 6.21. The van der Waals surface area contributed by atoms with Crippen LogP contribution in [-0.4, -0.2) is 39.1 Å². The van der Waals surface area contributed by atoms with Crippen LogP contribution in [0.1, 0.15) is 34.5 Å². The molecule has 2 aromatic heterocycles. The third-order valence-electron chi connectivity index (χ3n) is 7.32.